The van der Waals surface area contributed by atoms with Gasteiger partial charge >= 0.3 is 0 Å². The van der Waals surface area contributed by atoms with Gasteiger partial charge in [0.05, 0.1) is 0 Å². The molecule has 1 aliphatic heterocycles. The minimum Gasteiger partial charge on any atom is -0.316 e. The quantitative estimate of drug-likeness (QED) is 0.620. The molecule has 1 saturated heterocycles. The lowest BCUT2D eigenvalue weighted by atomic mass is 9.85. The summed E-state index contributed by atoms with van der Waals surface area (Å²) in [7, 11) is 0. The SMILES string of the molecule is CCCC1CCNCC1C. The van der Waals surface area contributed by atoms with Gasteiger partial charge in [0.1, 0.15) is 0 Å². The first-order chi connectivity index (χ1) is 4.84. The van der Waals surface area contributed by atoms with E-state index < -0.39 is 0 Å². The van der Waals surface area contributed by atoms with E-state index in [4.69, 9.17) is 0 Å². The zero-order chi connectivity index (χ0) is 7.40. The second-order valence-electron chi connectivity index (χ2n) is 3.52. The smallest absolute Gasteiger partial charge is 0.00205 e. The average Bonchev–Trinajstić information content (AvgIpc) is 1.94. The Hall–Kier alpha value is -0.0400. The number of rotatable bonds is 2. The lowest BCUT2D eigenvalue weighted by Gasteiger charge is -2.29. The number of nitrogens with one attached hydrogen (secondary N) is 1. The van der Waals surface area contributed by atoms with Crippen LogP contribution in [0, 0.1) is 11.8 Å². The fourth-order valence-corrected chi connectivity index (χ4v) is 1.87. The van der Waals surface area contributed by atoms with Crippen molar-refractivity contribution in [2.24, 2.45) is 11.8 Å². The van der Waals surface area contributed by atoms with Gasteiger partial charge in [0.2, 0.25) is 0 Å². The molecule has 10 heavy (non-hydrogen) atoms. The molecule has 2 unspecified atom stereocenters. The molecule has 0 bridgehead atoms. The molecule has 60 valence electrons. The molecule has 1 aliphatic rings. The van der Waals surface area contributed by atoms with E-state index in [0.29, 0.717) is 0 Å². The zero-order valence-corrected chi connectivity index (χ0v) is 7.19. The molecular formula is C9H19N. The maximum atomic E-state index is 3.42. The van der Waals surface area contributed by atoms with Crippen LogP contribution in [0.5, 0.6) is 0 Å². The third-order valence-electron chi connectivity index (χ3n) is 2.62. The molecule has 0 aromatic carbocycles. The van der Waals surface area contributed by atoms with Gasteiger partial charge in [-0.3, -0.25) is 0 Å². The second-order valence-corrected chi connectivity index (χ2v) is 3.52. The third kappa shape index (κ3) is 1.98. The first-order valence-corrected chi connectivity index (χ1v) is 4.55. The van der Waals surface area contributed by atoms with Gasteiger partial charge in [0, 0.05) is 0 Å². The summed E-state index contributed by atoms with van der Waals surface area (Å²) in [4.78, 5) is 0. The Bertz CT molecular complexity index is 88.7. The maximum Gasteiger partial charge on any atom is -0.00205 e. The third-order valence-corrected chi connectivity index (χ3v) is 2.62. The van der Waals surface area contributed by atoms with Crippen molar-refractivity contribution >= 4 is 0 Å². The van der Waals surface area contributed by atoms with Crippen LogP contribution in [0.25, 0.3) is 0 Å². The highest BCUT2D eigenvalue weighted by Crippen LogP contribution is 2.22. The van der Waals surface area contributed by atoms with Gasteiger partial charge in [0.25, 0.3) is 0 Å². The van der Waals surface area contributed by atoms with E-state index in [1.807, 2.05) is 0 Å². The summed E-state index contributed by atoms with van der Waals surface area (Å²) >= 11 is 0. The normalized spacial score (nSPS) is 34.2. The van der Waals surface area contributed by atoms with E-state index >= 15 is 0 Å². The summed E-state index contributed by atoms with van der Waals surface area (Å²) < 4.78 is 0. The predicted octanol–water partition coefficient (Wildman–Crippen LogP) is 2.03. The van der Waals surface area contributed by atoms with Gasteiger partial charge in [-0.15, -0.1) is 0 Å². The van der Waals surface area contributed by atoms with Crippen LogP contribution in [0.4, 0.5) is 0 Å². The summed E-state index contributed by atoms with van der Waals surface area (Å²) in [5, 5.41) is 3.42. The molecule has 0 aliphatic carbocycles. The van der Waals surface area contributed by atoms with Gasteiger partial charge < -0.3 is 5.32 Å². The van der Waals surface area contributed by atoms with Crippen molar-refractivity contribution in [2.75, 3.05) is 13.1 Å². The fourth-order valence-electron chi connectivity index (χ4n) is 1.87. The number of hydrogen-bond donors (Lipinski definition) is 1. The first kappa shape index (κ1) is 8.06. The van der Waals surface area contributed by atoms with Gasteiger partial charge in [-0.1, -0.05) is 26.7 Å². The molecule has 0 amide bonds. The molecule has 1 heterocycles. The topological polar surface area (TPSA) is 12.0 Å². The minimum absolute atomic E-state index is 0.911. The highest BCUT2D eigenvalue weighted by molar-refractivity contribution is 4.74. The molecule has 2 atom stereocenters. The van der Waals surface area contributed by atoms with E-state index in [9.17, 15) is 0 Å². The fraction of sp³-hybridized carbons (Fsp3) is 1.00. The standard InChI is InChI=1S/C9H19N/c1-3-4-9-5-6-10-7-8(9)2/h8-10H,3-7H2,1-2H3. The van der Waals surface area contributed by atoms with Crippen molar-refractivity contribution in [1.82, 2.24) is 5.32 Å². The summed E-state index contributed by atoms with van der Waals surface area (Å²) in [5.74, 6) is 1.92. The Morgan fingerprint density at radius 1 is 1.50 bits per heavy atom. The largest absolute Gasteiger partial charge is 0.316 e. The van der Waals surface area contributed by atoms with Crippen molar-refractivity contribution in [3.63, 3.8) is 0 Å². The molecule has 0 radical (unpaired) electrons. The molecule has 1 N–H and O–H groups in total. The number of hydrogen-bond acceptors (Lipinski definition) is 1. The van der Waals surface area contributed by atoms with Crippen LogP contribution in [0.15, 0.2) is 0 Å². The van der Waals surface area contributed by atoms with E-state index in [2.05, 4.69) is 19.2 Å². The van der Waals surface area contributed by atoms with Crippen LogP contribution < -0.4 is 5.32 Å². The molecule has 0 spiro atoms. The van der Waals surface area contributed by atoms with Crippen molar-refractivity contribution in [3.8, 4) is 0 Å². The van der Waals surface area contributed by atoms with Crippen molar-refractivity contribution in [2.45, 2.75) is 33.1 Å². The summed E-state index contributed by atoms with van der Waals surface area (Å²) in [6.45, 7) is 7.14. The monoisotopic (exact) mass is 141 g/mol. The van der Waals surface area contributed by atoms with Crippen LogP contribution in [-0.4, -0.2) is 13.1 Å². The summed E-state index contributed by atoms with van der Waals surface area (Å²) in [5.41, 5.74) is 0. The molecule has 1 heteroatoms. The Balaban J connectivity index is 2.25. The van der Waals surface area contributed by atoms with Gasteiger partial charge in [-0.2, -0.15) is 0 Å². The van der Waals surface area contributed by atoms with E-state index in [-0.39, 0.29) is 0 Å². The van der Waals surface area contributed by atoms with Crippen LogP contribution in [0.1, 0.15) is 33.1 Å². The molecule has 1 rings (SSSR count). The molecular weight excluding hydrogens is 122 g/mol. The van der Waals surface area contributed by atoms with E-state index in [1.165, 1.54) is 32.4 Å². The van der Waals surface area contributed by atoms with Crippen molar-refractivity contribution < 1.29 is 0 Å². The lowest BCUT2D eigenvalue weighted by molar-refractivity contribution is 0.257. The minimum atomic E-state index is 0.911. The lowest BCUT2D eigenvalue weighted by Crippen LogP contribution is -2.34. The Morgan fingerprint density at radius 2 is 2.30 bits per heavy atom. The summed E-state index contributed by atoms with van der Waals surface area (Å²) in [6, 6.07) is 0. The molecule has 1 nitrogen and oxygen atoms in total. The van der Waals surface area contributed by atoms with Crippen LogP contribution in [0.3, 0.4) is 0 Å². The van der Waals surface area contributed by atoms with Crippen LogP contribution >= 0.6 is 0 Å². The van der Waals surface area contributed by atoms with Gasteiger partial charge in [-0.25, -0.2) is 0 Å². The average molecular weight is 141 g/mol. The molecule has 0 saturated carbocycles. The van der Waals surface area contributed by atoms with Crippen LogP contribution in [-0.2, 0) is 0 Å². The Kier molecular flexibility index (Phi) is 3.20. The molecule has 0 aromatic heterocycles. The summed E-state index contributed by atoms with van der Waals surface area (Å²) in [6.07, 6.45) is 4.19. The van der Waals surface area contributed by atoms with E-state index in [0.717, 1.165) is 11.8 Å². The molecule has 1 fully saturated rings. The predicted molar refractivity (Wildman–Crippen MR) is 45.0 cm³/mol. The van der Waals surface area contributed by atoms with Gasteiger partial charge in [-0.05, 0) is 31.3 Å². The second kappa shape index (κ2) is 3.97. The van der Waals surface area contributed by atoms with E-state index in [1.54, 1.807) is 0 Å². The Labute approximate surface area is 64.2 Å². The number of piperidine rings is 1. The highest BCUT2D eigenvalue weighted by atomic mass is 14.9. The first-order valence-electron chi connectivity index (χ1n) is 4.55. The molecule has 0 aromatic rings. The zero-order valence-electron chi connectivity index (χ0n) is 7.19. The van der Waals surface area contributed by atoms with Crippen molar-refractivity contribution in [1.29, 1.82) is 0 Å². The van der Waals surface area contributed by atoms with Gasteiger partial charge in [0.15, 0.2) is 0 Å². The van der Waals surface area contributed by atoms with Crippen LogP contribution in [0.2, 0.25) is 0 Å². The van der Waals surface area contributed by atoms with Crippen molar-refractivity contribution in [3.05, 3.63) is 0 Å². The maximum absolute atomic E-state index is 3.42. The highest BCUT2D eigenvalue weighted by Gasteiger charge is 2.19. The Morgan fingerprint density at radius 3 is 2.90 bits per heavy atom.